The van der Waals surface area contributed by atoms with Crippen LogP contribution < -0.4 is 24.0 Å². The molecule has 238 valence electrons. The van der Waals surface area contributed by atoms with Gasteiger partial charge in [0.15, 0.2) is 18.9 Å². The topological polar surface area (TPSA) is 103 Å². The molecule has 1 aliphatic heterocycles. The summed E-state index contributed by atoms with van der Waals surface area (Å²) in [5, 5.41) is 11.9. The lowest BCUT2D eigenvalue weighted by Gasteiger charge is -2.28. The van der Waals surface area contributed by atoms with Crippen LogP contribution in [0.4, 0.5) is 5.69 Å². The second kappa shape index (κ2) is 13.4. The van der Waals surface area contributed by atoms with Crippen molar-refractivity contribution in [1.29, 1.82) is 0 Å². The molecule has 4 aromatic rings. The Morgan fingerprint density at radius 2 is 1.78 bits per heavy atom. The van der Waals surface area contributed by atoms with Crippen molar-refractivity contribution < 1.29 is 33.5 Å². The number of carbonyl (C=O) groups is 3. The molecule has 46 heavy (non-hydrogen) atoms. The molecule has 2 heterocycles. The van der Waals surface area contributed by atoms with Crippen LogP contribution in [0, 0.1) is 0 Å². The molecule has 0 saturated heterocycles. The van der Waals surface area contributed by atoms with Crippen molar-refractivity contribution in [3.8, 4) is 11.5 Å². The molecule has 1 unspecified atom stereocenters. The van der Waals surface area contributed by atoms with Gasteiger partial charge in [-0.05, 0) is 79.6 Å². The summed E-state index contributed by atoms with van der Waals surface area (Å²) >= 11 is 13.3. The minimum Gasteiger partial charge on any atom is -0.544 e. The summed E-state index contributed by atoms with van der Waals surface area (Å²) in [6.07, 6.45) is 3.30. The summed E-state index contributed by atoms with van der Waals surface area (Å²) in [7, 11) is 3.13. The first-order chi connectivity index (χ1) is 22.0. The molecule has 3 aromatic carbocycles. The summed E-state index contributed by atoms with van der Waals surface area (Å²) in [6, 6.07) is 19.2. The number of benzene rings is 3. The number of aliphatic carboxylic acids is 1. The molecule has 0 spiro atoms. The zero-order chi connectivity index (χ0) is 33.2. The number of carboxylic acid groups (broad SMARTS) is 1. The van der Waals surface area contributed by atoms with Crippen molar-refractivity contribution in [2.24, 2.45) is 0 Å². The van der Waals surface area contributed by atoms with Gasteiger partial charge in [-0.1, -0.05) is 23.2 Å². The Bertz CT molecular complexity index is 1830. The highest BCUT2D eigenvalue weighted by atomic mass is 35.5. The Morgan fingerprint density at radius 1 is 1.00 bits per heavy atom. The summed E-state index contributed by atoms with van der Waals surface area (Å²) in [4.78, 5) is 42.8. The number of carbonyl (C=O) groups excluding carboxylic acids is 3. The van der Waals surface area contributed by atoms with Crippen molar-refractivity contribution in [1.82, 2.24) is 4.90 Å². The zero-order valence-electron chi connectivity index (χ0n) is 25.9. The molecule has 11 heteroatoms. The first kappa shape index (κ1) is 32.8. The molecule has 0 bridgehead atoms. The highest BCUT2D eigenvalue weighted by Crippen LogP contribution is 2.49. The molecule has 5 rings (SSSR count). The standard InChI is InChI=1S/C35H33Cl2N3O6/c1-5-39(19-22-7-6-14-38(18-22)21-32(41)42)33(43)23-9-12-29(37)27(15-23)35(2)28-16-25(36)10-13-30(28)40(34(35)44)20-24-8-11-26(45-3)17-31(24)46-4/h6-18H,5,19-21H2,1-4H3. The van der Waals surface area contributed by atoms with E-state index in [2.05, 4.69) is 0 Å². The highest BCUT2D eigenvalue weighted by molar-refractivity contribution is 6.33. The lowest BCUT2D eigenvalue weighted by molar-refractivity contribution is -0.691. The van der Waals surface area contributed by atoms with Crippen molar-refractivity contribution in [3.63, 3.8) is 0 Å². The van der Waals surface area contributed by atoms with Crippen molar-refractivity contribution >= 4 is 46.7 Å². The number of anilines is 1. The summed E-state index contributed by atoms with van der Waals surface area (Å²) in [5.41, 5.74) is 2.43. The van der Waals surface area contributed by atoms with Gasteiger partial charge in [0.05, 0.1) is 27.3 Å². The Morgan fingerprint density at radius 3 is 2.48 bits per heavy atom. The van der Waals surface area contributed by atoms with Crippen molar-refractivity contribution in [2.75, 3.05) is 25.7 Å². The maximum atomic E-state index is 14.5. The van der Waals surface area contributed by atoms with Crippen LogP contribution in [-0.4, -0.2) is 43.4 Å². The first-order valence-electron chi connectivity index (χ1n) is 14.6. The van der Waals surface area contributed by atoms with Gasteiger partial charge in [-0.15, -0.1) is 0 Å². The number of rotatable bonds is 11. The number of hydrogen-bond acceptors (Lipinski definition) is 6. The van der Waals surface area contributed by atoms with Crippen LogP contribution in [-0.2, 0) is 34.6 Å². The normalized spacial score (nSPS) is 15.4. The van der Waals surface area contributed by atoms with E-state index in [4.69, 9.17) is 32.7 Å². The van der Waals surface area contributed by atoms with Gasteiger partial charge in [-0.3, -0.25) is 9.59 Å². The molecular formula is C35H33Cl2N3O6. The molecule has 9 nitrogen and oxygen atoms in total. The van der Waals surface area contributed by atoms with Gasteiger partial charge < -0.3 is 29.2 Å². The van der Waals surface area contributed by atoms with Crippen LogP contribution in [0.5, 0.6) is 11.5 Å². The molecule has 0 fully saturated rings. The maximum Gasteiger partial charge on any atom is 0.254 e. The van der Waals surface area contributed by atoms with E-state index in [1.807, 2.05) is 31.2 Å². The lowest BCUT2D eigenvalue weighted by atomic mass is 9.76. The van der Waals surface area contributed by atoms with Crippen LogP contribution in [0.25, 0.3) is 0 Å². The molecule has 0 N–H and O–H groups in total. The summed E-state index contributed by atoms with van der Waals surface area (Å²) < 4.78 is 12.4. The fourth-order valence-electron chi connectivity index (χ4n) is 5.90. The van der Waals surface area contributed by atoms with E-state index < -0.39 is 11.4 Å². The monoisotopic (exact) mass is 661 g/mol. The van der Waals surface area contributed by atoms with Crippen LogP contribution in [0.3, 0.4) is 0 Å². The minimum atomic E-state index is -1.26. The van der Waals surface area contributed by atoms with E-state index in [1.54, 1.807) is 85.8 Å². The summed E-state index contributed by atoms with van der Waals surface area (Å²) in [6.45, 7) is 4.20. The lowest BCUT2D eigenvalue weighted by Crippen LogP contribution is -2.44. The molecule has 0 aliphatic carbocycles. The van der Waals surface area contributed by atoms with Gasteiger partial charge in [0.2, 0.25) is 5.91 Å². The Kier molecular flexibility index (Phi) is 9.55. The van der Waals surface area contributed by atoms with Gasteiger partial charge in [-0.2, -0.15) is 4.57 Å². The number of ether oxygens (including phenoxy) is 2. The number of fused-ring (bicyclic) bond motifs is 1. The number of aromatic nitrogens is 1. The SMILES string of the molecule is CCN(Cc1ccc[n+](CC(=O)[O-])c1)C(=O)c1ccc(Cl)c(C2(C)C(=O)N(Cc3ccc(OC)cc3OC)c3ccc(Cl)cc32)c1. The largest absolute Gasteiger partial charge is 0.544 e. The average Bonchev–Trinajstić information content (AvgIpc) is 3.25. The average molecular weight is 663 g/mol. The molecule has 1 aliphatic rings. The minimum absolute atomic E-state index is 0.213. The van der Waals surface area contributed by atoms with Gasteiger partial charge in [-0.25, -0.2) is 0 Å². The Balaban J connectivity index is 1.51. The number of methoxy groups -OCH3 is 2. The number of hydrogen-bond donors (Lipinski definition) is 0. The molecule has 1 aromatic heterocycles. The zero-order valence-corrected chi connectivity index (χ0v) is 27.4. The number of halogens is 2. The third-order valence-electron chi connectivity index (χ3n) is 8.31. The van der Waals surface area contributed by atoms with Crippen LogP contribution in [0.2, 0.25) is 10.0 Å². The molecule has 0 radical (unpaired) electrons. The Labute approximate surface area is 277 Å². The van der Waals surface area contributed by atoms with Gasteiger partial charge in [0, 0.05) is 51.1 Å². The number of amides is 2. The fraction of sp³-hybridized carbons (Fsp3) is 0.257. The predicted octanol–water partition coefficient (Wildman–Crippen LogP) is 4.56. The van der Waals surface area contributed by atoms with Crippen LogP contribution in [0.15, 0.2) is 79.1 Å². The van der Waals surface area contributed by atoms with Crippen LogP contribution in [0.1, 0.15) is 46.5 Å². The highest BCUT2D eigenvalue weighted by Gasteiger charge is 2.50. The predicted molar refractivity (Wildman–Crippen MR) is 172 cm³/mol. The molecule has 2 amide bonds. The first-order valence-corrected chi connectivity index (χ1v) is 15.4. The molecule has 1 atom stereocenters. The second-order valence-corrected chi connectivity index (χ2v) is 12.0. The van der Waals surface area contributed by atoms with Crippen LogP contribution >= 0.6 is 23.2 Å². The van der Waals surface area contributed by atoms with E-state index >= 15 is 0 Å². The van der Waals surface area contributed by atoms with E-state index in [0.29, 0.717) is 50.5 Å². The smallest absolute Gasteiger partial charge is 0.254 e. The van der Waals surface area contributed by atoms with Crippen molar-refractivity contribution in [2.45, 2.75) is 38.9 Å². The van der Waals surface area contributed by atoms with E-state index in [1.165, 1.54) is 4.57 Å². The third kappa shape index (κ3) is 6.25. The fourth-order valence-corrected chi connectivity index (χ4v) is 6.38. The maximum absolute atomic E-state index is 14.5. The van der Waals surface area contributed by atoms with Crippen molar-refractivity contribution in [3.05, 3.63) is 117 Å². The quantitative estimate of drug-likeness (QED) is 0.218. The van der Waals surface area contributed by atoms with Gasteiger partial charge in [0.1, 0.15) is 22.9 Å². The van der Waals surface area contributed by atoms with E-state index in [9.17, 15) is 19.5 Å². The van der Waals surface area contributed by atoms with E-state index in [-0.39, 0.29) is 31.4 Å². The number of carboxylic acids is 1. The van der Waals surface area contributed by atoms with E-state index in [0.717, 1.165) is 11.1 Å². The molecule has 0 saturated carbocycles. The van der Waals surface area contributed by atoms with Gasteiger partial charge in [0.25, 0.3) is 5.91 Å². The number of pyridine rings is 1. The molecular weight excluding hydrogens is 629 g/mol. The Hall–Kier alpha value is -4.60. The number of nitrogens with zero attached hydrogens (tertiary/aromatic N) is 3. The third-order valence-corrected chi connectivity index (χ3v) is 8.87. The second-order valence-electron chi connectivity index (χ2n) is 11.1. The summed E-state index contributed by atoms with van der Waals surface area (Å²) in [5.74, 6) is -0.508. The van der Waals surface area contributed by atoms with Gasteiger partial charge >= 0.3 is 0 Å².